The van der Waals surface area contributed by atoms with Gasteiger partial charge in [0.15, 0.2) is 0 Å². The number of amides is 1. The number of rotatable bonds is 4. The van der Waals surface area contributed by atoms with E-state index in [1.165, 1.54) is 10.5 Å². The van der Waals surface area contributed by atoms with Gasteiger partial charge in [-0.3, -0.25) is 14.7 Å². The minimum absolute atomic E-state index is 0.165. The average Bonchev–Trinajstić information content (AvgIpc) is 3.01. The zero-order chi connectivity index (χ0) is 16.8. The van der Waals surface area contributed by atoms with Crippen LogP contribution in [-0.2, 0) is 16.1 Å². The minimum atomic E-state index is -2.71. The van der Waals surface area contributed by atoms with Gasteiger partial charge in [0.2, 0.25) is 5.91 Å². The van der Waals surface area contributed by atoms with Gasteiger partial charge in [0.05, 0.1) is 26.3 Å². The van der Waals surface area contributed by atoms with E-state index in [1.807, 2.05) is 12.1 Å². The van der Waals surface area contributed by atoms with Gasteiger partial charge in [-0.15, -0.1) is 0 Å². The molecule has 4 rings (SSSR count). The largest absolute Gasteiger partial charge is 0.380 e. The number of nitrogens with zero attached hydrogens (tertiary/aromatic N) is 3. The maximum atomic E-state index is 13.0. The summed E-state index contributed by atoms with van der Waals surface area (Å²) in [5, 5.41) is 0. The Labute approximate surface area is 139 Å². The van der Waals surface area contributed by atoms with E-state index in [2.05, 4.69) is 9.88 Å². The fourth-order valence-electron chi connectivity index (χ4n) is 4.16. The molecule has 0 aromatic carbocycles. The SMILES string of the molecule is O=C(C[C@]12COC[C@H]1CN(Cc1ccncc1)C2)N1CC(F)(F)C1. The number of carbonyl (C=O) groups excluding carboxylic acids is 1. The lowest BCUT2D eigenvalue weighted by Crippen LogP contribution is -2.59. The third kappa shape index (κ3) is 2.91. The Hall–Kier alpha value is -1.60. The summed E-state index contributed by atoms with van der Waals surface area (Å²) in [5.41, 5.74) is 0.962. The van der Waals surface area contributed by atoms with E-state index in [4.69, 9.17) is 4.74 Å². The van der Waals surface area contributed by atoms with E-state index < -0.39 is 19.0 Å². The van der Waals surface area contributed by atoms with E-state index in [9.17, 15) is 13.6 Å². The summed E-state index contributed by atoms with van der Waals surface area (Å²) in [6.07, 6.45) is 3.86. The summed E-state index contributed by atoms with van der Waals surface area (Å²) in [4.78, 5) is 20.0. The summed E-state index contributed by atoms with van der Waals surface area (Å²) in [5.74, 6) is -2.57. The molecular weight excluding hydrogens is 316 g/mol. The molecule has 1 amide bonds. The van der Waals surface area contributed by atoms with Crippen molar-refractivity contribution in [3.8, 4) is 0 Å². The summed E-state index contributed by atoms with van der Waals surface area (Å²) in [7, 11) is 0. The fourth-order valence-corrected chi connectivity index (χ4v) is 4.16. The molecule has 0 spiro atoms. The van der Waals surface area contributed by atoms with Crippen molar-refractivity contribution in [3.63, 3.8) is 0 Å². The van der Waals surface area contributed by atoms with Crippen LogP contribution in [0.25, 0.3) is 0 Å². The minimum Gasteiger partial charge on any atom is -0.380 e. The van der Waals surface area contributed by atoms with Gasteiger partial charge in [0.25, 0.3) is 5.92 Å². The van der Waals surface area contributed by atoms with Crippen molar-refractivity contribution >= 4 is 5.91 Å². The lowest BCUT2D eigenvalue weighted by atomic mass is 9.77. The van der Waals surface area contributed by atoms with Crippen molar-refractivity contribution < 1.29 is 18.3 Å². The summed E-state index contributed by atoms with van der Waals surface area (Å²) in [6.45, 7) is 2.79. The lowest BCUT2D eigenvalue weighted by molar-refractivity contribution is -0.168. The van der Waals surface area contributed by atoms with Crippen molar-refractivity contribution in [2.24, 2.45) is 11.3 Å². The molecule has 3 fully saturated rings. The molecule has 4 heterocycles. The molecule has 3 saturated heterocycles. The standard InChI is InChI=1S/C17H21F2N3O2/c18-17(19)10-22(11-17)15(23)5-16-9-21(7-14(16)8-24-12-16)6-13-1-3-20-4-2-13/h1-4,14H,5-12H2/t14-,16+/m1/s1. The van der Waals surface area contributed by atoms with Crippen LogP contribution in [0.1, 0.15) is 12.0 Å². The van der Waals surface area contributed by atoms with Crippen LogP contribution < -0.4 is 0 Å². The average molecular weight is 337 g/mol. The third-order valence-electron chi connectivity index (χ3n) is 5.45. The van der Waals surface area contributed by atoms with Crippen LogP contribution in [-0.4, -0.2) is 66.0 Å². The molecule has 1 aromatic heterocycles. The van der Waals surface area contributed by atoms with Crippen LogP contribution in [0.2, 0.25) is 0 Å². The highest BCUT2D eigenvalue weighted by atomic mass is 19.3. The second-order valence-corrected chi connectivity index (χ2v) is 7.38. The second-order valence-electron chi connectivity index (χ2n) is 7.38. The lowest BCUT2D eigenvalue weighted by Gasteiger charge is -2.40. The van der Waals surface area contributed by atoms with Gasteiger partial charge in [-0.05, 0) is 17.7 Å². The molecule has 0 radical (unpaired) electrons. The number of halogens is 2. The van der Waals surface area contributed by atoms with Gasteiger partial charge in [0, 0.05) is 49.8 Å². The first kappa shape index (κ1) is 15.9. The van der Waals surface area contributed by atoms with Gasteiger partial charge in [-0.2, -0.15) is 0 Å². The Morgan fingerprint density at radius 2 is 2.04 bits per heavy atom. The number of pyridine rings is 1. The number of aromatic nitrogens is 1. The first-order valence-corrected chi connectivity index (χ1v) is 8.30. The summed E-state index contributed by atoms with van der Waals surface area (Å²) < 4.78 is 31.6. The summed E-state index contributed by atoms with van der Waals surface area (Å²) >= 11 is 0. The number of fused-ring (bicyclic) bond motifs is 1. The molecule has 24 heavy (non-hydrogen) atoms. The predicted octanol–water partition coefficient (Wildman–Crippen LogP) is 1.40. The molecule has 3 aliphatic heterocycles. The van der Waals surface area contributed by atoms with Crippen LogP contribution in [0.4, 0.5) is 8.78 Å². The van der Waals surface area contributed by atoms with E-state index in [-0.39, 0.29) is 11.3 Å². The Morgan fingerprint density at radius 1 is 1.29 bits per heavy atom. The van der Waals surface area contributed by atoms with E-state index in [0.29, 0.717) is 25.6 Å². The van der Waals surface area contributed by atoms with Crippen LogP contribution in [0.3, 0.4) is 0 Å². The Kier molecular flexibility index (Phi) is 3.80. The van der Waals surface area contributed by atoms with Crippen molar-refractivity contribution in [2.45, 2.75) is 18.9 Å². The molecule has 5 nitrogen and oxygen atoms in total. The predicted molar refractivity (Wildman–Crippen MR) is 82.4 cm³/mol. The molecule has 0 aliphatic carbocycles. The maximum absolute atomic E-state index is 13.0. The Morgan fingerprint density at radius 3 is 2.75 bits per heavy atom. The zero-order valence-corrected chi connectivity index (χ0v) is 13.5. The number of alkyl halides is 2. The third-order valence-corrected chi connectivity index (χ3v) is 5.45. The smallest absolute Gasteiger partial charge is 0.282 e. The van der Waals surface area contributed by atoms with Crippen LogP contribution in [0.5, 0.6) is 0 Å². The molecule has 130 valence electrons. The monoisotopic (exact) mass is 337 g/mol. The molecule has 0 saturated carbocycles. The molecule has 0 N–H and O–H groups in total. The molecule has 0 bridgehead atoms. The van der Waals surface area contributed by atoms with Gasteiger partial charge in [-0.25, -0.2) is 8.78 Å². The molecule has 1 aromatic rings. The second kappa shape index (κ2) is 5.74. The van der Waals surface area contributed by atoms with Crippen LogP contribution >= 0.6 is 0 Å². The topological polar surface area (TPSA) is 45.7 Å². The van der Waals surface area contributed by atoms with E-state index >= 15 is 0 Å². The van der Waals surface area contributed by atoms with Crippen molar-refractivity contribution in [1.29, 1.82) is 0 Å². The Balaban J connectivity index is 1.40. The van der Waals surface area contributed by atoms with E-state index in [0.717, 1.165) is 19.6 Å². The highest BCUT2D eigenvalue weighted by Crippen LogP contribution is 2.45. The van der Waals surface area contributed by atoms with Crippen molar-refractivity contribution in [3.05, 3.63) is 30.1 Å². The quantitative estimate of drug-likeness (QED) is 0.833. The molecule has 2 atom stereocenters. The number of hydrogen-bond acceptors (Lipinski definition) is 4. The van der Waals surface area contributed by atoms with Crippen LogP contribution in [0.15, 0.2) is 24.5 Å². The van der Waals surface area contributed by atoms with E-state index in [1.54, 1.807) is 12.4 Å². The molecular formula is C17H21F2N3O2. The van der Waals surface area contributed by atoms with Crippen LogP contribution in [0, 0.1) is 11.3 Å². The Bertz CT molecular complexity index is 620. The van der Waals surface area contributed by atoms with Gasteiger partial charge in [0.1, 0.15) is 0 Å². The molecule has 3 aliphatic rings. The fraction of sp³-hybridized carbons (Fsp3) is 0.647. The maximum Gasteiger partial charge on any atom is 0.282 e. The van der Waals surface area contributed by atoms with Gasteiger partial charge < -0.3 is 9.64 Å². The number of hydrogen-bond donors (Lipinski definition) is 0. The molecule has 0 unspecified atom stereocenters. The molecule has 7 heteroatoms. The number of carbonyl (C=O) groups is 1. The number of likely N-dealkylation sites (tertiary alicyclic amines) is 2. The highest BCUT2D eigenvalue weighted by molar-refractivity contribution is 5.78. The zero-order valence-electron chi connectivity index (χ0n) is 13.5. The van der Waals surface area contributed by atoms with Gasteiger partial charge in [-0.1, -0.05) is 0 Å². The first-order chi connectivity index (χ1) is 11.5. The summed E-state index contributed by atoms with van der Waals surface area (Å²) in [6, 6.07) is 3.98. The van der Waals surface area contributed by atoms with Gasteiger partial charge >= 0.3 is 0 Å². The van der Waals surface area contributed by atoms with Crippen molar-refractivity contribution in [2.75, 3.05) is 39.4 Å². The number of ether oxygens (including phenoxy) is 1. The van der Waals surface area contributed by atoms with Crippen molar-refractivity contribution in [1.82, 2.24) is 14.8 Å². The normalized spacial score (nSPS) is 31.8. The first-order valence-electron chi connectivity index (χ1n) is 8.30. The highest BCUT2D eigenvalue weighted by Gasteiger charge is 2.54.